The topological polar surface area (TPSA) is 51.5 Å². The molecule has 24 heavy (non-hydrogen) atoms. The standard InChI is InChI=1S/C19H18ClNO3/c1-12-15-4-3-5-16(20)18(15)24-17(12)19(22)21-11-10-13-6-8-14(23-2)9-7-13/h3-9H,10-11H2,1-2H3,(H,21,22). The number of aryl methyl sites for hydroxylation is 1. The second-order valence-corrected chi connectivity index (χ2v) is 5.93. The Kier molecular flexibility index (Phi) is 4.76. The Morgan fingerprint density at radius 2 is 1.96 bits per heavy atom. The lowest BCUT2D eigenvalue weighted by Crippen LogP contribution is -2.25. The average molecular weight is 344 g/mol. The van der Waals surface area contributed by atoms with E-state index >= 15 is 0 Å². The van der Waals surface area contributed by atoms with E-state index in [9.17, 15) is 4.79 Å². The summed E-state index contributed by atoms with van der Waals surface area (Å²) < 4.78 is 10.8. The van der Waals surface area contributed by atoms with Gasteiger partial charge in [-0.25, -0.2) is 0 Å². The summed E-state index contributed by atoms with van der Waals surface area (Å²) in [5.41, 5.74) is 2.48. The molecular formula is C19H18ClNO3. The molecule has 3 aromatic rings. The number of methoxy groups -OCH3 is 1. The van der Waals surface area contributed by atoms with Crippen LogP contribution < -0.4 is 10.1 Å². The molecular weight excluding hydrogens is 326 g/mol. The highest BCUT2D eigenvalue weighted by Gasteiger charge is 2.18. The van der Waals surface area contributed by atoms with Crippen LogP contribution in [0.25, 0.3) is 11.0 Å². The summed E-state index contributed by atoms with van der Waals surface area (Å²) >= 11 is 6.12. The van der Waals surface area contributed by atoms with E-state index in [2.05, 4.69) is 5.32 Å². The molecule has 4 nitrogen and oxygen atoms in total. The number of hydrogen-bond donors (Lipinski definition) is 1. The van der Waals surface area contributed by atoms with Gasteiger partial charge in [-0.1, -0.05) is 35.9 Å². The van der Waals surface area contributed by atoms with E-state index in [1.54, 1.807) is 13.2 Å². The molecule has 124 valence electrons. The normalized spacial score (nSPS) is 10.8. The number of furan rings is 1. The first-order valence-corrected chi connectivity index (χ1v) is 8.06. The molecule has 0 fully saturated rings. The first kappa shape index (κ1) is 16.4. The van der Waals surface area contributed by atoms with Crippen molar-refractivity contribution in [2.45, 2.75) is 13.3 Å². The second kappa shape index (κ2) is 6.97. The van der Waals surface area contributed by atoms with Crippen molar-refractivity contribution in [2.24, 2.45) is 0 Å². The van der Waals surface area contributed by atoms with Crippen LogP contribution >= 0.6 is 11.6 Å². The Hall–Kier alpha value is -2.46. The molecule has 0 aliphatic rings. The molecule has 5 heteroatoms. The number of fused-ring (bicyclic) bond motifs is 1. The first-order valence-electron chi connectivity index (χ1n) is 7.69. The van der Waals surface area contributed by atoms with Crippen LogP contribution in [-0.2, 0) is 6.42 Å². The van der Waals surface area contributed by atoms with Crippen molar-refractivity contribution in [2.75, 3.05) is 13.7 Å². The maximum Gasteiger partial charge on any atom is 0.287 e. The molecule has 2 aromatic carbocycles. The minimum absolute atomic E-state index is 0.228. The van der Waals surface area contributed by atoms with Crippen molar-refractivity contribution in [1.29, 1.82) is 0 Å². The monoisotopic (exact) mass is 343 g/mol. The lowest BCUT2D eigenvalue weighted by molar-refractivity contribution is 0.0928. The van der Waals surface area contributed by atoms with Gasteiger partial charge in [0.05, 0.1) is 12.1 Å². The van der Waals surface area contributed by atoms with Gasteiger partial charge in [0.15, 0.2) is 11.3 Å². The predicted molar refractivity (Wildman–Crippen MR) is 95.0 cm³/mol. The van der Waals surface area contributed by atoms with Crippen molar-refractivity contribution in [3.05, 3.63) is 64.4 Å². The van der Waals surface area contributed by atoms with Gasteiger partial charge in [-0.2, -0.15) is 0 Å². The van der Waals surface area contributed by atoms with Gasteiger partial charge in [0.1, 0.15) is 5.75 Å². The van der Waals surface area contributed by atoms with Gasteiger partial charge >= 0.3 is 0 Å². The van der Waals surface area contributed by atoms with Crippen LogP contribution in [0.1, 0.15) is 21.7 Å². The predicted octanol–water partition coefficient (Wildman–Crippen LogP) is 4.38. The number of halogens is 1. The van der Waals surface area contributed by atoms with Crippen LogP contribution in [0.2, 0.25) is 5.02 Å². The van der Waals surface area contributed by atoms with Gasteiger partial charge in [0.25, 0.3) is 5.91 Å². The van der Waals surface area contributed by atoms with Crippen LogP contribution in [0.4, 0.5) is 0 Å². The van der Waals surface area contributed by atoms with E-state index in [0.29, 0.717) is 22.9 Å². The zero-order chi connectivity index (χ0) is 17.1. The number of hydrogen-bond acceptors (Lipinski definition) is 3. The van der Waals surface area contributed by atoms with Crippen molar-refractivity contribution in [3.8, 4) is 5.75 Å². The maximum atomic E-state index is 12.4. The number of benzene rings is 2. The van der Waals surface area contributed by atoms with Crippen LogP contribution in [-0.4, -0.2) is 19.6 Å². The quantitative estimate of drug-likeness (QED) is 0.748. The summed E-state index contributed by atoms with van der Waals surface area (Å²) in [7, 11) is 1.64. The largest absolute Gasteiger partial charge is 0.497 e. The minimum Gasteiger partial charge on any atom is -0.497 e. The van der Waals surface area contributed by atoms with Gasteiger partial charge in [-0.05, 0) is 37.1 Å². The highest BCUT2D eigenvalue weighted by atomic mass is 35.5. The van der Waals surface area contributed by atoms with E-state index in [1.165, 1.54) is 0 Å². The number of ether oxygens (including phenoxy) is 1. The fourth-order valence-corrected chi connectivity index (χ4v) is 2.83. The number of para-hydroxylation sites is 1. The molecule has 0 saturated heterocycles. The molecule has 0 radical (unpaired) electrons. The number of carbonyl (C=O) groups is 1. The number of carbonyl (C=O) groups excluding carboxylic acids is 1. The summed E-state index contributed by atoms with van der Waals surface area (Å²) in [5, 5.41) is 4.26. The Morgan fingerprint density at radius 3 is 2.62 bits per heavy atom. The van der Waals surface area contributed by atoms with Gasteiger partial charge in [0.2, 0.25) is 0 Å². The maximum absolute atomic E-state index is 12.4. The molecule has 1 amide bonds. The molecule has 0 aliphatic heterocycles. The molecule has 1 N–H and O–H groups in total. The SMILES string of the molecule is COc1ccc(CCNC(=O)c2oc3c(Cl)cccc3c2C)cc1. The van der Waals surface area contributed by atoms with E-state index in [-0.39, 0.29) is 5.91 Å². The van der Waals surface area contributed by atoms with Gasteiger partial charge in [-0.3, -0.25) is 4.79 Å². The number of rotatable bonds is 5. The van der Waals surface area contributed by atoms with Crippen molar-refractivity contribution < 1.29 is 13.9 Å². The second-order valence-electron chi connectivity index (χ2n) is 5.53. The molecule has 0 saturated carbocycles. The van der Waals surface area contributed by atoms with Gasteiger partial charge in [-0.15, -0.1) is 0 Å². The summed E-state index contributed by atoms with van der Waals surface area (Å²) in [6, 6.07) is 13.3. The summed E-state index contributed by atoms with van der Waals surface area (Å²) in [4.78, 5) is 12.4. The molecule has 3 rings (SSSR count). The molecule has 0 unspecified atom stereocenters. The van der Waals surface area contributed by atoms with E-state index in [4.69, 9.17) is 20.8 Å². The van der Waals surface area contributed by atoms with E-state index < -0.39 is 0 Å². The van der Waals surface area contributed by atoms with Crippen molar-refractivity contribution in [3.63, 3.8) is 0 Å². The lowest BCUT2D eigenvalue weighted by Gasteiger charge is -2.05. The fraction of sp³-hybridized carbons (Fsp3) is 0.211. The highest BCUT2D eigenvalue weighted by molar-refractivity contribution is 6.35. The zero-order valence-corrected chi connectivity index (χ0v) is 14.3. The third-order valence-electron chi connectivity index (χ3n) is 3.98. The Bertz CT molecular complexity index is 868. The molecule has 0 atom stereocenters. The fourth-order valence-electron chi connectivity index (χ4n) is 2.62. The molecule has 0 spiro atoms. The summed E-state index contributed by atoms with van der Waals surface area (Å²) in [5.74, 6) is 0.902. The third-order valence-corrected chi connectivity index (χ3v) is 4.28. The van der Waals surface area contributed by atoms with Crippen molar-refractivity contribution >= 4 is 28.5 Å². The molecule has 0 bridgehead atoms. The number of nitrogens with one attached hydrogen (secondary N) is 1. The van der Waals surface area contributed by atoms with Crippen LogP contribution in [0, 0.1) is 6.92 Å². The first-order chi connectivity index (χ1) is 11.6. The zero-order valence-electron chi connectivity index (χ0n) is 13.6. The van der Waals surface area contributed by atoms with Gasteiger partial charge < -0.3 is 14.5 Å². The minimum atomic E-state index is -0.228. The Balaban J connectivity index is 1.66. The molecule has 1 aromatic heterocycles. The van der Waals surface area contributed by atoms with Gasteiger partial charge in [0, 0.05) is 17.5 Å². The highest BCUT2D eigenvalue weighted by Crippen LogP contribution is 2.30. The van der Waals surface area contributed by atoms with Crippen molar-refractivity contribution in [1.82, 2.24) is 5.32 Å². The van der Waals surface area contributed by atoms with E-state index in [0.717, 1.165) is 28.7 Å². The number of amides is 1. The smallest absolute Gasteiger partial charge is 0.287 e. The lowest BCUT2D eigenvalue weighted by atomic mass is 10.1. The van der Waals surface area contributed by atoms with Crippen LogP contribution in [0.3, 0.4) is 0 Å². The Morgan fingerprint density at radius 1 is 1.21 bits per heavy atom. The van der Waals surface area contributed by atoms with E-state index in [1.807, 2.05) is 43.3 Å². The molecule has 0 aliphatic carbocycles. The Labute approximate surface area is 145 Å². The van der Waals surface area contributed by atoms with Crippen LogP contribution in [0.15, 0.2) is 46.9 Å². The summed E-state index contributed by atoms with van der Waals surface area (Å²) in [6.45, 7) is 2.38. The summed E-state index contributed by atoms with van der Waals surface area (Å²) in [6.07, 6.45) is 0.732. The molecule has 1 heterocycles. The third kappa shape index (κ3) is 3.24. The van der Waals surface area contributed by atoms with Crippen LogP contribution in [0.5, 0.6) is 5.75 Å². The average Bonchev–Trinajstić information content (AvgIpc) is 2.94.